The molecule has 0 saturated carbocycles. The average molecular weight is 245 g/mol. The highest BCUT2D eigenvalue weighted by atomic mass is 35.5. The number of halogens is 1. The minimum Gasteiger partial charge on any atom is -0.341 e. The van der Waals surface area contributed by atoms with Crippen LogP contribution in [0.1, 0.15) is 17.8 Å². The van der Waals surface area contributed by atoms with Gasteiger partial charge in [0.1, 0.15) is 0 Å². The van der Waals surface area contributed by atoms with E-state index in [1.807, 2.05) is 17.9 Å². The Morgan fingerprint density at radius 1 is 1.75 bits per heavy atom. The molecule has 90 valence electrons. The van der Waals surface area contributed by atoms with Crippen molar-refractivity contribution in [3.63, 3.8) is 0 Å². The topological polar surface area (TPSA) is 75.0 Å². The molecule has 1 aliphatic rings. The van der Waals surface area contributed by atoms with Gasteiger partial charge in [-0.1, -0.05) is 0 Å². The van der Waals surface area contributed by atoms with Crippen LogP contribution < -0.4 is 5.73 Å². The maximum absolute atomic E-state index is 11.8. The van der Waals surface area contributed by atoms with Gasteiger partial charge >= 0.3 is 0 Å². The van der Waals surface area contributed by atoms with E-state index in [0.717, 1.165) is 24.4 Å². The first-order valence-electron chi connectivity index (χ1n) is 5.19. The molecule has 6 heteroatoms. The Morgan fingerprint density at radius 2 is 2.50 bits per heavy atom. The molecule has 0 unspecified atom stereocenters. The van der Waals surface area contributed by atoms with Gasteiger partial charge in [0.15, 0.2) is 0 Å². The maximum Gasteiger partial charge on any atom is 0.228 e. The van der Waals surface area contributed by atoms with Crippen molar-refractivity contribution < 1.29 is 4.79 Å². The van der Waals surface area contributed by atoms with Crippen molar-refractivity contribution in [1.29, 1.82) is 0 Å². The van der Waals surface area contributed by atoms with Crippen molar-refractivity contribution in [2.75, 3.05) is 13.1 Å². The van der Waals surface area contributed by atoms with Gasteiger partial charge in [0.25, 0.3) is 0 Å². The number of nitrogens with zero attached hydrogens (tertiary/aromatic N) is 2. The molecule has 1 aliphatic heterocycles. The standard InChI is InChI=1S/C10H16N4O.ClH/c1-7-4-9(13-12-7)5-10(15)14-3-2-8(11)6-14;/h4,8H,2-3,5-6,11H2,1H3,(H,12,13);1H/t8-;/m0./s1. The molecule has 0 bridgehead atoms. The van der Waals surface area contributed by atoms with Crippen molar-refractivity contribution in [2.45, 2.75) is 25.8 Å². The number of aryl methyl sites for hydroxylation is 1. The maximum atomic E-state index is 11.8. The molecule has 1 amide bonds. The number of rotatable bonds is 2. The fourth-order valence-corrected chi connectivity index (χ4v) is 1.85. The second-order valence-electron chi connectivity index (χ2n) is 4.11. The first-order valence-corrected chi connectivity index (χ1v) is 5.19. The largest absolute Gasteiger partial charge is 0.341 e. The van der Waals surface area contributed by atoms with Gasteiger partial charge in [0.05, 0.1) is 12.1 Å². The molecule has 1 aromatic rings. The van der Waals surface area contributed by atoms with Gasteiger partial charge in [-0.25, -0.2) is 0 Å². The fraction of sp³-hybridized carbons (Fsp3) is 0.600. The molecule has 0 radical (unpaired) electrons. The Labute approximate surface area is 101 Å². The molecule has 0 spiro atoms. The van der Waals surface area contributed by atoms with E-state index in [1.54, 1.807) is 0 Å². The zero-order chi connectivity index (χ0) is 10.8. The van der Waals surface area contributed by atoms with Crippen LogP contribution in [0.5, 0.6) is 0 Å². The van der Waals surface area contributed by atoms with E-state index in [4.69, 9.17) is 5.73 Å². The minimum absolute atomic E-state index is 0. The summed E-state index contributed by atoms with van der Waals surface area (Å²) in [5, 5.41) is 6.87. The number of carbonyl (C=O) groups excluding carboxylic acids is 1. The van der Waals surface area contributed by atoms with Crippen molar-refractivity contribution in [2.24, 2.45) is 5.73 Å². The zero-order valence-corrected chi connectivity index (χ0v) is 10.1. The predicted octanol–water partition coefficient (Wildman–Crippen LogP) is 0.242. The Kier molecular flexibility index (Phi) is 4.32. The van der Waals surface area contributed by atoms with E-state index in [0.29, 0.717) is 13.0 Å². The summed E-state index contributed by atoms with van der Waals surface area (Å²) in [6.07, 6.45) is 1.28. The molecule has 0 aromatic carbocycles. The van der Waals surface area contributed by atoms with Gasteiger partial charge in [-0.05, 0) is 19.4 Å². The number of carbonyl (C=O) groups is 1. The zero-order valence-electron chi connectivity index (χ0n) is 9.27. The Balaban J connectivity index is 0.00000128. The van der Waals surface area contributed by atoms with E-state index in [1.165, 1.54) is 0 Å². The Bertz CT molecular complexity index is 365. The van der Waals surface area contributed by atoms with Crippen LogP contribution in [0.15, 0.2) is 6.07 Å². The lowest BCUT2D eigenvalue weighted by Gasteiger charge is -2.14. The van der Waals surface area contributed by atoms with E-state index in [9.17, 15) is 4.79 Å². The molecule has 2 rings (SSSR count). The number of hydrogen-bond donors (Lipinski definition) is 2. The Hall–Kier alpha value is -1.07. The molecular formula is C10H17ClN4O. The van der Waals surface area contributed by atoms with E-state index < -0.39 is 0 Å². The summed E-state index contributed by atoms with van der Waals surface area (Å²) >= 11 is 0. The summed E-state index contributed by atoms with van der Waals surface area (Å²) in [5.41, 5.74) is 7.53. The highest BCUT2D eigenvalue weighted by Gasteiger charge is 2.23. The van der Waals surface area contributed by atoms with Crippen molar-refractivity contribution in [3.8, 4) is 0 Å². The summed E-state index contributed by atoms with van der Waals surface area (Å²) in [5.74, 6) is 0.120. The van der Waals surface area contributed by atoms with E-state index in [-0.39, 0.29) is 24.4 Å². The molecule has 1 atom stereocenters. The van der Waals surface area contributed by atoms with Crippen LogP contribution >= 0.6 is 12.4 Å². The van der Waals surface area contributed by atoms with Crippen molar-refractivity contribution in [1.82, 2.24) is 15.1 Å². The average Bonchev–Trinajstić information content (AvgIpc) is 2.75. The molecule has 16 heavy (non-hydrogen) atoms. The normalized spacial score (nSPS) is 19.6. The summed E-state index contributed by atoms with van der Waals surface area (Å²) in [6, 6.07) is 2.04. The van der Waals surface area contributed by atoms with Crippen LogP contribution in [0, 0.1) is 6.92 Å². The number of H-pyrrole nitrogens is 1. The molecule has 1 aromatic heterocycles. The third kappa shape index (κ3) is 2.96. The SMILES string of the molecule is Cc1cc(CC(=O)N2CC[C@H](N)C2)n[nH]1.Cl. The van der Waals surface area contributed by atoms with Crippen LogP contribution in [-0.4, -0.2) is 40.1 Å². The van der Waals surface area contributed by atoms with Gasteiger partial charge in [-0.3, -0.25) is 9.89 Å². The van der Waals surface area contributed by atoms with Crippen LogP contribution in [0.3, 0.4) is 0 Å². The molecule has 0 aliphatic carbocycles. The molecule has 5 nitrogen and oxygen atoms in total. The quantitative estimate of drug-likeness (QED) is 0.783. The minimum atomic E-state index is 0. The van der Waals surface area contributed by atoms with Crippen molar-refractivity contribution in [3.05, 3.63) is 17.5 Å². The molecular weight excluding hydrogens is 228 g/mol. The second kappa shape index (κ2) is 5.32. The van der Waals surface area contributed by atoms with Gasteiger partial charge in [0.2, 0.25) is 5.91 Å². The summed E-state index contributed by atoms with van der Waals surface area (Å²) in [6.45, 7) is 3.39. The number of nitrogens with one attached hydrogen (secondary N) is 1. The smallest absolute Gasteiger partial charge is 0.228 e. The highest BCUT2D eigenvalue weighted by molar-refractivity contribution is 5.85. The van der Waals surface area contributed by atoms with E-state index >= 15 is 0 Å². The summed E-state index contributed by atoms with van der Waals surface area (Å²) < 4.78 is 0. The third-order valence-corrected chi connectivity index (χ3v) is 2.67. The lowest BCUT2D eigenvalue weighted by Crippen LogP contribution is -2.32. The van der Waals surface area contributed by atoms with Crippen molar-refractivity contribution >= 4 is 18.3 Å². The lowest BCUT2D eigenvalue weighted by molar-refractivity contribution is -0.129. The van der Waals surface area contributed by atoms with Crippen LogP contribution in [0.2, 0.25) is 0 Å². The number of nitrogens with two attached hydrogens (primary N) is 1. The van der Waals surface area contributed by atoms with E-state index in [2.05, 4.69) is 10.2 Å². The second-order valence-corrected chi connectivity index (χ2v) is 4.11. The molecule has 1 fully saturated rings. The first kappa shape index (κ1) is 13.0. The lowest BCUT2D eigenvalue weighted by atomic mass is 10.2. The van der Waals surface area contributed by atoms with Gasteiger partial charge in [-0.15, -0.1) is 12.4 Å². The van der Waals surface area contributed by atoms with Crippen LogP contribution in [-0.2, 0) is 11.2 Å². The third-order valence-electron chi connectivity index (χ3n) is 2.67. The van der Waals surface area contributed by atoms with Crippen LogP contribution in [0.4, 0.5) is 0 Å². The first-order chi connectivity index (χ1) is 7.15. The molecule has 2 heterocycles. The number of aromatic nitrogens is 2. The monoisotopic (exact) mass is 244 g/mol. The Morgan fingerprint density at radius 3 is 3.00 bits per heavy atom. The van der Waals surface area contributed by atoms with Gasteiger partial charge < -0.3 is 10.6 Å². The van der Waals surface area contributed by atoms with Crippen LogP contribution in [0.25, 0.3) is 0 Å². The summed E-state index contributed by atoms with van der Waals surface area (Å²) in [4.78, 5) is 13.6. The number of hydrogen-bond acceptors (Lipinski definition) is 3. The molecule has 1 saturated heterocycles. The number of aromatic amines is 1. The van der Waals surface area contributed by atoms with Gasteiger partial charge in [-0.2, -0.15) is 5.10 Å². The predicted molar refractivity (Wildman–Crippen MR) is 63.4 cm³/mol. The fourth-order valence-electron chi connectivity index (χ4n) is 1.85. The summed E-state index contributed by atoms with van der Waals surface area (Å²) in [7, 11) is 0. The highest BCUT2D eigenvalue weighted by Crippen LogP contribution is 2.09. The number of likely N-dealkylation sites (tertiary alicyclic amines) is 1. The number of amides is 1. The molecule has 3 N–H and O–H groups in total. The van der Waals surface area contributed by atoms with Gasteiger partial charge in [0, 0.05) is 24.8 Å².